The summed E-state index contributed by atoms with van der Waals surface area (Å²) in [6.07, 6.45) is -2.75. The number of hydrogen-bond donors (Lipinski definition) is 0. The first-order valence-electron chi connectivity index (χ1n) is 16.2. The van der Waals surface area contributed by atoms with Crippen LogP contribution >= 0.6 is 0 Å². The Labute approximate surface area is 152 Å². The Morgan fingerprint density at radius 1 is 1.15 bits per heavy atom. The summed E-state index contributed by atoms with van der Waals surface area (Å²) < 4.78 is 180. The summed E-state index contributed by atoms with van der Waals surface area (Å²) >= 11 is 0. The maximum atomic E-state index is 8.39. The third-order valence-corrected chi connectivity index (χ3v) is 2.09. The molecule has 1 unspecified atom stereocenters. The lowest BCUT2D eigenvalue weighted by Gasteiger charge is -2.22. The predicted octanol–water partition coefficient (Wildman–Crippen LogP) is 3.66. The van der Waals surface area contributed by atoms with Gasteiger partial charge in [0.1, 0.15) is 6.10 Å². The summed E-state index contributed by atoms with van der Waals surface area (Å²) in [5.74, 6) is 0. The number of hydrogen-bond acceptors (Lipinski definition) is 2. The molecule has 0 fully saturated rings. The van der Waals surface area contributed by atoms with E-state index < -0.39 is 116 Å². The van der Waals surface area contributed by atoms with E-state index in [-0.39, 0.29) is 0 Å². The molecule has 0 bridgehead atoms. The van der Waals surface area contributed by atoms with Crippen molar-refractivity contribution in [3.8, 4) is 0 Å². The third-order valence-electron chi connectivity index (χ3n) is 2.09. The lowest BCUT2D eigenvalue weighted by molar-refractivity contribution is 0.0683. The molecule has 2 aromatic carbocycles. The highest BCUT2D eigenvalue weighted by Gasteiger charge is 2.16. The highest BCUT2D eigenvalue weighted by molar-refractivity contribution is 5.35. The van der Waals surface area contributed by atoms with Crippen molar-refractivity contribution in [3.63, 3.8) is 0 Å². The van der Waals surface area contributed by atoms with E-state index in [0.717, 1.165) is 0 Å². The lowest BCUT2D eigenvalue weighted by atomic mass is 9.97. The van der Waals surface area contributed by atoms with Crippen LogP contribution in [0.15, 0.2) is 54.4 Å². The summed E-state index contributed by atoms with van der Waals surface area (Å²) in [5, 5.41) is 0. The number of ether oxygens (including phenoxy) is 1. The molecule has 0 aromatic heterocycles. The van der Waals surface area contributed by atoms with Crippen LogP contribution in [0.25, 0.3) is 0 Å². The molecule has 0 spiro atoms. The van der Waals surface area contributed by atoms with Crippen LogP contribution in [0.3, 0.4) is 0 Å². The zero-order valence-corrected chi connectivity index (χ0v) is 9.93. The molecule has 2 nitrogen and oxygen atoms in total. The normalized spacial score (nSPS) is 31.9. The van der Waals surface area contributed by atoms with Gasteiger partial charge in [-0.05, 0) is 37.5 Å². The zero-order valence-electron chi connectivity index (χ0n) is 31.9. The van der Waals surface area contributed by atoms with Crippen LogP contribution in [-0.2, 0) is 4.74 Å². The Balaban J connectivity index is 3.17. The Hall–Kier alpha value is -1.64. The van der Waals surface area contributed by atoms with Gasteiger partial charge in [-0.25, -0.2) is 0 Å². The maximum absolute atomic E-state index is 8.39. The first kappa shape index (κ1) is 3.23. The fraction of sp³-hybridized carbons (Fsp3) is 0.333. The fourth-order valence-corrected chi connectivity index (χ4v) is 1.30. The van der Waals surface area contributed by atoms with Gasteiger partial charge in [0.05, 0.1) is 21.6 Å². The van der Waals surface area contributed by atoms with E-state index in [1.54, 1.807) is 0 Å². The van der Waals surface area contributed by atoms with Crippen molar-refractivity contribution in [3.05, 3.63) is 71.1 Å². The molecule has 20 heavy (non-hydrogen) atoms. The van der Waals surface area contributed by atoms with Crippen LogP contribution in [0, 0.1) is 6.85 Å². The molecule has 0 amide bonds. The molecule has 2 heteroatoms. The highest BCUT2D eigenvalue weighted by Crippen LogP contribution is 2.28. The Morgan fingerprint density at radius 3 is 2.65 bits per heavy atom. The summed E-state index contributed by atoms with van der Waals surface area (Å²) in [4.78, 5) is -0.836. The van der Waals surface area contributed by atoms with E-state index in [1.807, 2.05) is 0 Å². The molecular weight excluding hydrogens is 246 g/mol. The van der Waals surface area contributed by atoms with Crippen molar-refractivity contribution in [1.82, 2.24) is 4.90 Å². The smallest absolute Gasteiger partial charge is 0.108 e. The van der Waals surface area contributed by atoms with Gasteiger partial charge in [-0.1, -0.05) is 54.4 Å². The van der Waals surface area contributed by atoms with E-state index in [4.69, 9.17) is 34.9 Å². The number of benzene rings is 2. The number of likely N-dealkylation sites (N-methyl/N-ethyl adjacent to an activating group) is 1. The molecule has 0 saturated carbocycles. The topological polar surface area (TPSA) is 12.5 Å². The molecule has 2 aromatic rings. The Morgan fingerprint density at radius 2 is 1.90 bits per heavy atom. The molecule has 0 aliphatic carbocycles. The SMILES string of the molecule is [2H]c1c([2H])c([2H])c(C(OC([2H])([2H])C([2H])([2H])N(C([2H])([2H])[2H])C([2H])([2H])[2H])c2c([2H])c([2H])c([2H])c([2H])c2C([2H])([2H])[2H])c([2H])c1[2H]. The van der Waals surface area contributed by atoms with E-state index in [2.05, 4.69) is 0 Å². The monoisotopic (exact) mass is 291 g/mol. The second kappa shape index (κ2) is 7.22. The van der Waals surface area contributed by atoms with Gasteiger partial charge in [0.2, 0.25) is 0 Å². The molecular formula is C18H23NO. The molecule has 1 atom stereocenters. The van der Waals surface area contributed by atoms with E-state index in [0.29, 0.717) is 0 Å². The van der Waals surface area contributed by atoms with E-state index in [1.165, 1.54) is 0 Å². The zero-order chi connectivity index (χ0) is 33.3. The molecule has 2 rings (SSSR count). The molecule has 106 valence electrons. The fourth-order valence-electron chi connectivity index (χ4n) is 1.30. The van der Waals surface area contributed by atoms with Crippen LogP contribution in [0.2, 0.25) is 0 Å². The Kier molecular flexibility index (Phi) is 1.17. The highest BCUT2D eigenvalue weighted by atomic mass is 16.5. The summed E-state index contributed by atoms with van der Waals surface area (Å²) in [7, 11) is 0. The first-order valence-corrected chi connectivity index (χ1v) is 5.19. The minimum atomic E-state index is -4.17. The molecule has 0 aliphatic rings. The van der Waals surface area contributed by atoms with Crippen LogP contribution in [0.1, 0.15) is 53.0 Å². The summed E-state index contributed by atoms with van der Waals surface area (Å²) in [6.45, 7) is -19.5. The number of nitrogens with zero attached hydrogens (tertiary/aromatic N) is 1. The molecule has 0 aliphatic heterocycles. The second-order valence-electron chi connectivity index (χ2n) is 3.37. The van der Waals surface area contributed by atoms with Crippen LogP contribution in [0.4, 0.5) is 0 Å². The van der Waals surface area contributed by atoms with Gasteiger partial charge in [0, 0.05) is 21.6 Å². The van der Waals surface area contributed by atoms with Crippen molar-refractivity contribution in [2.75, 3.05) is 27.0 Å². The van der Waals surface area contributed by atoms with Crippen LogP contribution < -0.4 is 0 Å². The third kappa shape index (κ3) is 3.92. The second-order valence-corrected chi connectivity index (χ2v) is 3.37. The van der Waals surface area contributed by atoms with Crippen molar-refractivity contribution in [2.45, 2.75) is 13.0 Å². The van der Waals surface area contributed by atoms with Crippen molar-refractivity contribution >= 4 is 0 Å². The summed E-state index contributed by atoms with van der Waals surface area (Å²) in [5.41, 5.74) is -3.54. The van der Waals surface area contributed by atoms with Gasteiger partial charge < -0.3 is 9.64 Å². The summed E-state index contributed by atoms with van der Waals surface area (Å²) in [6, 6.07) is -10.1. The molecule has 0 radical (unpaired) electrons. The van der Waals surface area contributed by atoms with Crippen LogP contribution in [0.5, 0.6) is 0 Å². The molecule has 0 N–H and O–H groups in total. The van der Waals surface area contributed by atoms with Gasteiger partial charge in [0.25, 0.3) is 0 Å². The largest absolute Gasteiger partial charge is 0.367 e. The minimum Gasteiger partial charge on any atom is -0.367 e. The van der Waals surface area contributed by atoms with Crippen LogP contribution in [-0.4, -0.2) is 31.9 Å². The minimum absolute atomic E-state index is 0.836. The Bertz CT molecular complexity index is 1330. The number of rotatable bonds is 6. The van der Waals surface area contributed by atoms with Crippen molar-refractivity contribution in [2.24, 2.45) is 0 Å². The van der Waals surface area contributed by atoms with Gasteiger partial charge in [0.15, 0.2) is 0 Å². The lowest BCUT2D eigenvalue weighted by Crippen LogP contribution is -2.20. The quantitative estimate of drug-likeness (QED) is 0.805. The van der Waals surface area contributed by atoms with Gasteiger partial charge in [-0.3, -0.25) is 0 Å². The average Bonchev–Trinajstić information content (AvgIpc) is 2.78. The van der Waals surface area contributed by atoms with Crippen molar-refractivity contribution < 1.29 is 34.9 Å². The molecule has 0 heterocycles. The van der Waals surface area contributed by atoms with Gasteiger partial charge in [-0.2, -0.15) is 0 Å². The standard InChI is InChI=1S/C18H23NO/c1-15-9-7-8-12-17(15)18(20-14-13-19(2)3)16-10-5-4-6-11-16/h4-12,18H,13-14H2,1-3H3/i1D3,2D3,3D3,4D,5D,6D,7D,8D,9D,10D,11D,12D,13D2,14D2. The molecule has 0 saturated heterocycles. The van der Waals surface area contributed by atoms with Gasteiger partial charge >= 0.3 is 0 Å². The predicted molar refractivity (Wildman–Crippen MR) is 84.0 cm³/mol. The average molecular weight is 292 g/mol. The van der Waals surface area contributed by atoms with Crippen molar-refractivity contribution in [1.29, 1.82) is 0 Å². The van der Waals surface area contributed by atoms with Gasteiger partial charge in [-0.15, -0.1) is 0 Å². The van der Waals surface area contributed by atoms with E-state index >= 15 is 0 Å². The van der Waals surface area contributed by atoms with E-state index in [9.17, 15) is 0 Å². The maximum Gasteiger partial charge on any atom is 0.108 e. The first-order chi connectivity index (χ1) is 18.5.